The van der Waals surface area contributed by atoms with Crippen molar-refractivity contribution in [3.8, 4) is 0 Å². The summed E-state index contributed by atoms with van der Waals surface area (Å²) in [5, 5.41) is 8.64. The number of hydrogen-bond donors (Lipinski definition) is 1. The molecule has 5 heteroatoms. The summed E-state index contributed by atoms with van der Waals surface area (Å²) in [6.07, 6.45) is 6.12. The third-order valence-electron chi connectivity index (χ3n) is 4.39. The number of aliphatic carboxylic acids is 1. The van der Waals surface area contributed by atoms with Gasteiger partial charge < -0.3 is 5.11 Å². The summed E-state index contributed by atoms with van der Waals surface area (Å²) < 4.78 is 0. The lowest BCUT2D eigenvalue weighted by Crippen LogP contribution is -2.41. The van der Waals surface area contributed by atoms with Crippen molar-refractivity contribution >= 4 is 18.3 Å². The average molecular weight is 265 g/mol. The summed E-state index contributed by atoms with van der Waals surface area (Å²) in [5.41, 5.74) is -0.160. The monoisotopic (exact) mass is 265 g/mol. The highest BCUT2D eigenvalue weighted by Gasteiger charge is 2.54. The van der Waals surface area contributed by atoms with Crippen LogP contribution in [0.1, 0.15) is 33.1 Å². The first kappa shape index (κ1) is 13.8. The van der Waals surface area contributed by atoms with Crippen molar-refractivity contribution in [3.63, 3.8) is 0 Å². The second-order valence-electron chi connectivity index (χ2n) is 6.21. The van der Waals surface area contributed by atoms with Crippen molar-refractivity contribution in [1.82, 2.24) is 4.90 Å². The van der Waals surface area contributed by atoms with Gasteiger partial charge in [-0.25, -0.2) is 0 Å². The van der Waals surface area contributed by atoms with E-state index in [0.29, 0.717) is 6.41 Å². The Bertz CT molecular complexity index is 458. The van der Waals surface area contributed by atoms with Gasteiger partial charge in [0.2, 0.25) is 12.3 Å². The molecule has 0 aromatic heterocycles. The second-order valence-corrected chi connectivity index (χ2v) is 6.21. The predicted octanol–water partition coefficient (Wildman–Crippen LogP) is 1.44. The Morgan fingerprint density at radius 3 is 2.53 bits per heavy atom. The Kier molecular flexibility index (Phi) is 3.24. The number of carboxylic acid groups (broad SMARTS) is 1. The number of carboxylic acids is 1. The Morgan fingerprint density at radius 1 is 1.42 bits per heavy atom. The van der Waals surface area contributed by atoms with Crippen LogP contribution in [-0.2, 0) is 14.4 Å². The first-order valence-electron chi connectivity index (χ1n) is 6.48. The van der Waals surface area contributed by atoms with Gasteiger partial charge >= 0.3 is 5.97 Å². The van der Waals surface area contributed by atoms with Gasteiger partial charge in [0.05, 0.1) is 6.42 Å². The molecule has 1 fully saturated rings. The van der Waals surface area contributed by atoms with E-state index >= 15 is 0 Å². The lowest BCUT2D eigenvalue weighted by molar-refractivity contribution is -0.144. The number of hydrogen-bond acceptors (Lipinski definition) is 3. The molecule has 0 heterocycles. The third kappa shape index (κ3) is 2.41. The molecule has 2 aliphatic rings. The summed E-state index contributed by atoms with van der Waals surface area (Å²) in [4.78, 5) is 35.0. The normalized spacial score (nSPS) is 35.4. The van der Waals surface area contributed by atoms with Crippen LogP contribution in [0.5, 0.6) is 0 Å². The number of nitrogens with zero attached hydrogens (tertiary/aromatic N) is 1. The summed E-state index contributed by atoms with van der Waals surface area (Å²) in [7, 11) is 0. The summed E-state index contributed by atoms with van der Waals surface area (Å²) in [6, 6.07) is 0. The minimum atomic E-state index is -1.01. The molecule has 19 heavy (non-hydrogen) atoms. The molecule has 1 N–H and O–H groups in total. The molecule has 104 valence electrons. The van der Waals surface area contributed by atoms with Gasteiger partial charge in [0.25, 0.3) is 0 Å². The number of imide groups is 1. The molecule has 0 radical (unpaired) electrons. The highest BCUT2D eigenvalue weighted by Crippen LogP contribution is 2.59. The highest BCUT2D eigenvalue weighted by molar-refractivity contribution is 5.89. The van der Waals surface area contributed by atoms with Crippen LogP contribution in [-0.4, -0.2) is 34.8 Å². The van der Waals surface area contributed by atoms with E-state index in [1.54, 1.807) is 0 Å². The quantitative estimate of drug-likeness (QED) is 0.603. The molecule has 0 aromatic rings. The van der Waals surface area contributed by atoms with Crippen LogP contribution in [0.4, 0.5) is 0 Å². The maximum absolute atomic E-state index is 12.4. The van der Waals surface area contributed by atoms with Crippen molar-refractivity contribution in [2.45, 2.75) is 33.1 Å². The van der Waals surface area contributed by atoms with Gasteiger partial charge in [-0.1, -0.05) is 26.0 Å². The molecule has 1 saturated carbocycles. The van der Waals surface area contributed by atoms with Crippen molar-refractivity contribution in [2.75, 3.05) is 6.54 Å². The molecular weight excluding hydrogens is 246 g/mol. The van der Waals surface area contributed by atoms with Gasteiger partial charge in [0, 0.05) is 12.5 Å². The van der Waals surface area contributed by atoms with Crippen LogP contribution < -0.4 is 0 Å². The van der Waals surface area contributed by atoms with E-state index in [0.717, 1.165) is 17.7 Å². The third-order valence-corrected chi connectivity index (χ3v) is 4.39. The number of fused-ring (bicyclic) bond motifs is 2. The molecule has 0 unspecified atom stereocenters. The number of rotatable bonds is 5. The van der Waals surface area contributed by atoms with Crippen LogP contribution in [0.15, 0.2) is 12.2 Å². The fourth-order valence-electron chi connectivity index (χ4n) is 3.46. The fourth-order valence-corrected chi connectivity index (χ4v) is 3.46. The van der Waals surface area contributed by atoms with E-state index in [2.05, 4.69) is 19.1 Å². The van der Waals surface area contributed by atoms with Gasteiger partial charge in [0.15, 0.2) is 0 Å². The maximum Gasteiger partial charge on any atom is 0.305 e. The molecule has 0 aromatic carbocycles. The minimum absolute atomic E-state index is 0.0381. The molecule has 0 aliphatic heterocycles. The molecule has 3 atom stereocenters. The van der Waals surface area contributed by atoms with Crippen molar-refractivity contribution in [1.29, 1.82) is 0 Å². The smallest absolute Gasteiger partial charge is 0.305 e. The Morgan fingerprint density at radius 2 is 2.11 bits per heavy atom. The number of amides is 2. The van der Waals surface area contributed by atoms with Crippen LogP contribution in [0.25, 0.3) is 0 Å². The van der Waals surface area contributed by atoms with E-state index < -0.39 is 5.97 Å². The molecule has 2 amide bonds. The van der Waals surface area contributed by atoms with Gasteiger partial charge in [0.1, 0.15) is 0 Å². The first-order chi connectivity index (χ1) is 8.80. The SMILES string of the molecule is C[C@@]12C=C[C@@](C)(C1)[C@@H](C(=O)N(C=O)CCC(=O)O)C2. The van der Waals surface area contributed by atoms with Crippen LogP contribution in [0.3, 0.4) is 0 Å². The van der Waals surface area contributed by atoms with Crippen LogP contribution in [0, 0.1) is 16.7 Å². The zero-order valence-electron chi connectivity index (χ0n) is 11.3. The lowest BCUT2D eigenvalue weighted by Gasteiger charge is -2.30. The van der Waals surface area contributed by atoms with E-state index in [-0.39, 0.29) is 35.6 Å². The van der Waals surface area contributed by atoms with E-state index in [9.17, 15) is 14.4 Å². The average Bonchev–Trinajstić information content (AvgIpc) is 2.77. The number of carbonyl (C=O) groups is 3. The topological polar surface area (TPSA) is 74.7 Å². The largest absolute Gasteiger partial charge is 0.481 e. The zero-order valence-corrected chi connectivity index (χ0v) is 11.3. The van der Waals surface area contributed by atoms with E-state index in [1.807, 2.05) is 6.92 Å². The Hall–Kier alpha value is -1.65. The summed E-state index contributed by atoms with van der Waals surface area (Å²) >= 11 is 0. The minimum Gasteiger partial charge on any atom is -0.481 e. The zero-order chi connectivity index (χ0) is 14.3. The number of allylic oxidation sites excluding steroid dienone is 2. The van der Waals surface area contributed by atoms with Gasteiger partial charge in [-0.05, 0) is 23.7 Å². The van der Waals surface area contributed by atoms with Crippen molar-refractivity contribution in [3.05, 3.63) is 12.2 Å². The van der Waals surface area contributed by atoms with Gasteiger partial charge in [-0.2, -0.15) is 0 Å². The second kappa shape index (κ2) is 4.47. The predicted molar refractivity (Wildman–Crippen MR) is 68.1 cm³/mol. The van der Waals surface area contributed by atoms with Crippen molar-refractivity contribution in [2.24, 2.45) is 16.7 Å². The molecule has 0 saturated heterocycles. The van der Waals surface area contributed by atoms with Crippen molar-refractivity contribution < 1.29 is 19.5 Å². The first-order valence-corrected chi connectivity index (χ1v) is 6.48. The Balaban J connectivity index is 2.09. The standard InChI is InChI=1S/C14H19NO4/c1-13-4-5-14(2,8-13)10(7-13)12(19)15(9-16)6-3-11(17)18/h4-5,9-10H,3,6-8H2,1-2H3,(H,17,18)/t10-,13+,14+/m1/s1. The molecule has 0 spiro atoms. The summed E-state index contributed by atoms with van der Waals surface area (Å²) in [5.74, 6) is -1.47. The van der Waals surface area contributed by atoms with Crippen LogP contribution >= 0.6 is 0 Å². The summed E-state index contributed by atoms with van der Waals surface area (Å²) in [6.45, 7) is 4.10. The van der Waals surface area contributed by atoms with E-state index in [4.69, 9.17) is 5.11 Å². The molecular formula is C14H19NO4. The fraction of sp³-hybridized carbons (Fsp3) is 0.643. The highest BCUT2D eigenvalue weighted by atomic mass is 16.4. The molecule has 2 rings (SSSR count). The Labute approximate surface area is 112 Å². The van der Waals surface area contributed by atoms with Gasteiger partial charge in [-0.15, -0.1) is 0 Å². The lowest BCUT2D eigenvalue weighted by atomic mass is 9.78. The number of carbonyl (C=O) groups excluding carboxylic acids is 2. The van der Waals surface area contributed by atoms with E-state index in [1.165, 1.54) is 0 Å². The molecule has 2 aliphatic carbocycles. The van der Waals surface area contributed by atoms with Crippen LogP contribution in [0.2, 0.25) is 0 Å². The maximum atomic E-state index is 12.4. The molecule has 2 bridgehead atoms. The van der Waals surface area contributed by atoms with Gasteiger partial charge in [-0.3, -0.25) is 19.3 Å². The molecule has 5 nitrogen and oxygen atoms in total.